The normalized spacial score (nSPS) is 10.1. The van der Waals surface area contributed by atoms with Crippen molar-refractivity contribution in [3.8, 4) is 17.2 Å². The highest BCUT2D eigenvalue weighted by molar-refractivity contribution is 6.47. The van der Waals surface area contributed by atoms with Gasteiger partial charge < -0.3 is 15.3 Å². The molecule has 14 heavy (non-hydrogen) atoms. The predicted octanol–water partition coefficient (Wildman–Crippen LogP) is 0.159. The molecule has 72 valence electrons. The number of benzene rings is 1. The van der Waals surface area contributed by atoms with Gasteiger partial charge in [0.15, 0.2) is 5.75 Å². The van der Waals surface area contributed by atoms with Gasteiger partial charge in [0.2, 0.25) is 11.5 Å². The van der Waals surface area contributed by atoms with Crippen molar-refractivity contribution in [2.24, 2.45) is 0 Å². The fourth-order valence-electron chi connectivity index (χ4n) is 0.860. The molecule has 0 fully saturated rings. The zero-order valence-electron chi connectivity index (χ0n) is 6.56. The van der Waals surface area contributed by atoms with Gasteiger partial charge in [-0.05, 0) is 5.46 Å². The lowest BCUT2D eigenvalue weighted by atomic mass is 9.93. The molecule has 0 aliphatic heterocycles. The number of rotatable bonds is 1. The first-order valence-corrected chi connectivity index (χ1v) is 3.62. The number of hydrogen-bond donors (Lipinski definition) is 3. The quantitative estimate of drug-likeness (QED) is 0.203. The van der Waals surface area contributed by atoms with Crippen LogP contribution in [0.5, 0.6) is 17.2 Å². The van der Waals surface area contributed by atoms with E-state index in [2.05, 4.69) is 0 Å². The summed E-state index contributed by atoms with van der Waals surface area (Å²) in [5, 5.41) is 37.0. The van der Waals surface area contributed by atoms with Crippen LogP contribution in [-0.2, 0) is 0 Å². The lowest BCUT2D eigenvalue weighted by Gasteiger charge is -2.07. The summed E-state index contributed by atoms with van der Waals surface area (Å²) in [7, 11) is 5.13. The Balaban J connectivity index is 3.68. The van der Waals surface area contributed by atoms with Crippen LogP contribution in [0.1, 0.15) is 0 Å². The standard InChI is InChI=1S/C6H3BClNO5/c7-1-2(8)5(11)3(9(13)14)6(12)4(1)10/h10-12H. The van der Waals surface area contributed by atoms with Crippen LogP contribution in [0.2, 0.25) is 5.02 Å². The zero-order valence-corrected chi connectivity index (χ0v) is 7.32. The van der Waals surface area contributed by atoms with E-state index in [0.717, 1.165) is 0 Å². The van der Waals surface area contributed by atoms with E-state index in [1.807, 2.05) is 0 Å². The second-order valence-electron chi connectivity index (χ2n) is 2.38. The molecule has 0 aliphatic rings. The van der Waals surface area contributed by atoms with Gasteiger partial charge in [0.1, 0.15) is 7.85 Å². The van der Waals surface area contributed by atoms with E-state index in [4.69, 9.17) is 34.8 Å². The van der Waals surface area contributed by atoms with Gasteiger partial charge in [-0.3, -0.25) is 10.1 Å². The molecule has 0 saturated heterocycles. The number of phenolic OH excluding ortho intramolecular Hbond substituents is 3. The van der Waals surface area contributed by atoms with E-state index >= 15 is 0 Å². The summed E-state index contributed by atoms with van der Waals surface area (Å²) in [6.07, 6.45) is 0. The highest BCUT2D eigenvalue weighted by atomic mass is 35.5. The number of nitrogens with zero attached hydrogens (tertiary/aromatic N) is 1. The molecule has 0 bridgehead atoms. The number of halogens is 1. The van der Waals surface area contributed by atoms with Crippen molar-refractivity contribution in [1.29, 1.82) is 0 Å². The Morgan fingerprint density at radius 1 is 1.21 bits per heavy atom. The van der Waals surface area contributed by atoms with Crippen molar-refractivity contribution in [1.82, 2.24) is 0 Å². The average Bonchev–Trinajstić information content (AvgIpc) is 2.11. The van der Waals surface area contributed by atoms with Crippen LogP contribution in [0.15, 0.2) is 0 Å². The summed E-state index contributed by atoms with van der Waals surface area (Å²) in [6, 6.07) is 0. The maximum Gasteiger partial charge on any atom is 0.357 e. The molecule has 1 rings (SSSR count). The minimum atomic E-state index is -1.12. The Labute approximate surface area is 83.9 Å². The number of aromatic hydroxyl groups is 3. The zero-order chi connectivity index (χ0) is 11.0. The maximum atomic E-state index is 10.3. The van der Waals surface area contributed by atoms with Gasteiger partial charge in [0, 0.05) is 0 Å². The second-order valence-corrected chi connectivity index (χ2v) is 2.76. The van der Waals surface area contributed by atoms with Gasteiger partial charge in [0.25, 0.3) is 0 Å². The molecular weight excluding hydrogens is 212 g/mol. The molecule has 0 aliphatic carbocycles. The van der Waals surface area contributed by atoms with Gasteiger partial charge in [-0.2, -0.15) is 0 Å². The summed E-state index contributed by atoms with van der Waals surface area (Å²) >= 11 is 5.35. The smallest absolute Gasteiger partial charge is 0.357 e. The SMILES string of the molecule is [B]c1c(O)c(O)c([N+](=O)[O-])c(O)c1Cl. The molecule has 0 aromatic heterocycles. The molecule has 0 unspecified atom stereocenters. The second kappa shape index (κ2) is 3.26. The Morgan fingerprint density at radius 3 is 2.14 bits per heavy atom. The number of hydrogen-bond acceptors (Lipinski definition) is 5. The Hall–Kier alpha value is -1.63. The van der Waals surface area contributed by atoms with Crippen LogP contribution in [0.3, 0.4) is 0 Å². The van der Waals surface area contributed by atoms with Gasteiger partial charge in [0.05, 0.1) is 9.95 Å². The van der Waals surface area contributed by atoms with Crippen molar-refractivity contribution in [2.45, 2.75) is 0 Å². The van der Waals surface area contributed by atoms with Crippen molar-refractivity contribution in [3.05, 3.63) is 15.1 Å². The number of nitro benzene ring substituents is 1. The van der Waals surface area contributed by atoms with Crippen molar-refractivity contribution < 1.29 is 20.2 Å². The van der Waals surface area contributed by atoms with E-state index in [-0.39, 0.29) is 0 Å². The largest absolute Gasteiger partial charge is 0.504 e. The topological polar surface area (TPSA) is 104 Å². The summed E-state index contributed by atoms with van der Waals surface area (Å²) in [6.45, 7) is 0. The molecule has 8 heteroatoms. The highest BCUT2D eigenvalue weighted by Gasteiger charge is 2.28. The Kier molecular flexibility index (Phi) is 2.44. The van der Waals surface area contributed by atoms with E-state index in [0.29, 0.717) is 0 Å². The molecule has 0 saturated carbocycles. The predicted molar refractivity (Wildman–Crippen MR) is 48.5 cm³/mol. The minimum absolute atomic E-state index is 0.521. The van der Waals surface area contributed by atoms with Gasteiger partial charge in [-0.25, -0.2) is 0 Å². The van der Waals surface area contributed by atoms with Crippen molar-refractivity contribution in [3.63, 3.8) is 0 Å². The van der Waals surface area contributed by atoms with Crippen molar-refractivity contribution >= 4 is 30.6 Å². The van der Waals surface area contributed by atoms with Crippen LogP contribution >= 0.6 is 11.6 Å². The summed E-state index contributed by atoms with van der Waals surface area (Å²) in [4.78, 5) is 9.25. The van der Waals surface area contributed by atoms with E-state index in [1.165, 1.54) is 0 Å². The number of nitro groups is 1. The van der Waals surface area contributed by atoms with E-state index in [9.17, 15) is 10.1 Å². The average molecular weight is 215 g/mol. The highest BCUT2D eigenvalue weighted by Crippen LogP contribution is 2.44. The van der Waals surface area contributed by atoms with Crippen LogP contribution in [0, 0.1) is 10.1 Å². The van der Waals surface area contributed by atoms with E-state index in [1.54, 1.807) is 0 Å². The van der Waals surface area contributed by atoms with Crippen LogP contribution < -0.4 is 5.46 Å². The molecule has 1 aromatic rings. The molecule has 0 heterocycles. The van der Waals surface area contributed by atoms with Gasteiger partial charge >= 0.3 is 5.69 Å². The first-order chi connectivity index (χ1) is 6.37. The van der Waals surface area contributed by atoms with Crippen LogP contribution in [0.4, 0.5) is 5.69 Å². The Bertz CT molecular complexity index is 392. The third kappa shape index (κ3) is 1.31. The molecule has 0 atom stereocenters. The molecule has 2 radical (unpaired) electrons. The molecule has 6 nitrogen and oxygen atoms in total. The minimum Gasteiger partial charge on any atom is -0.504 e. The molecule has 3 N–H and O–H groups in total. The molecule has 1 aromatic carbocycles. The van der Waals surface area contributed by atoms with Crippen molar-refractivity contribution in [2.75, 3.05) is 0 Å². The summed E-state index contributed by atoms with van der Waals surface area (Å²) in [5.41, 5.74) is -1.60. The lowest BCUT2D eigenvalue weighted by Crippen LogP contribution is -2.07. The van der Waals surface area contributed by atoms with Gasteiger partial charge in [-0.1, -0.05) is 11.6 Å². The maximum absolute atomic E-state index is 10.3. The molecule has 0 amide bonds. The molecular formula is C6H3BClNO5. The Morgan fingerprint density at radius 2 is 1.71 bits per heavy atom. The first-order valence-electron chi connectivity index (χ1n) is 3.24. The van der Waals surface area contributed by atoms with Crippen LogP contribution in [0.25, 0.3) is 0 Å². The van der Waals surface area contributed by atoms with E-state index < -0.39 is 38.3 Å². The molecule has 0 spiro atoms. The number of phenols is 3. The van der Waals surface area contributed by atoms with Crippen LogP contribution in [-0.4, -0.2) is 28.1 Å². The summed E-state index contributed by atoms with van der Waals surface area (Å²) < 4.78 is 0. The summed E-state index contributed by atoms with van der Waals surface area (Å²) in [5.74, 6) is -3.03. The first kappa shape index (κ1) is 10.5. The lowest BCUT2D eigenvalue weighted by molar-refractivity contribution is -0.386. The third-order valence-corrected chi connectivity index (χ3v) is 1.94. The fourth-order valence-corrected chi connectivity index (χ4v) is 1.04. The van der Waals surface area contributed by atoms with Gasteiger partial charge in [-0.15, -0.1) is 0 Å². The monoisotopic (exact) mass is 215 g/mol. The fraction of sp³-hybridized carbons (Fsp3) is 0. The third-order valence-electron chi connectivity index (χ3n) is 1.55.